The highest BCUT2D eigenvalue weighted by Crippen LogP contribution is 2.07. The standard InChI is InChI=1S/C11H25NO/c1-9(2)6-5-7-10(3)12-8-11(4)13/h9-13H,5-8H2,1-4H3/t10?,11-/m0/s1. The first-order valence-electron chi connectivity index (χ1n) is 5.43. The van der Waals surface area contributed by atoms with Gasteiger partial charge in [0, 0.05) is 12.6 Å². The van der Waals surface area contributed by atoms with Gasteiger partial charge in [-0.1, -0.05) is 26.7 Å². The molecule has 2 N–H and O–H groups in total. The zero-order valence-corrected chi connectivity index (χ0v) is 9.51. The summed E-state index contributed by atoms with van der Waals surface area (Å²) in [6.07, 6.45) is 3.57. The van der Waals surface area contributed by atoms with Crippen LogP contribution in [0.5, 0.6) is 0 Å². The first kappa shape index (κ1) is 12.9. The topological polar surface area (TPSA) is 32.3 Å². The van der Waals surface area contributed by atoms with Gasteiger partial charge in [-0.3, -0.25) is 0 Å². The van der Waals surface area contributed by atoms with Gasteiger partial charge >= 0.3 is 0 Å². The van der Waals surface area contributed by atoms with E-state index in [1.54, 1.807) is 0 Å². The van der Waals surface area contributed by atoms with Gasteiger partial charge < -0.3 is 10.4 Å². The zero-order chi connectivity index (χ0) is 10.3. The summed E-state index contributed by atoms with van der Waals surface area (Å²) in [5.74, 6) is 0.809. The van der Waals surface area contributed by atoms with E-state index in [1.807, 2.05) is 6.92 Å². The van der Waals surface area contributed by atoms with Crippen LogP contribution in [0, 0.1) is 5.92 Å². The Morgan fingerprint density at radius 3 is 2.15 bits per heavy atom. The molecule has 0 aliphatic rings. The van der Waals surface area contributed by atoms with Crippen LogP contribution >= 0.6 is 0 Å². The summed E-state index contributed by atoms with van der Waals surface area (Å²) in [6.45, 7) is 9.22. The average Bonchev–Trinajstić information content (AvgIpc) is 2.00. The van der Waals surface area contributed by atoms with Crippen molar-refractivity contribution in [3.05, 3.63) is 0 Å². The molecular formula is C11H25NO. The lowest BCUT2D eigenvalue weighted by molar-refractivity contribution is 0.186. The summed E-state index contributed by atoms with van der Waals surface area (Å²) in [5.41, 5.74) is 0. The van der Waals surface area contributed by atoms with Crippen molar-refractivity contribution in [1.29, 1.82) is 0 Å². The van der Waals surface area contributed by atoms with Gasteiger partial charge in [0.1, 0.15) is 0 Å². The molecule has 0 aromatic carbocycles. The molecule has 2 nitrogen and oxygen atoms in total. The van der Waals surface area contributed by atoms with E-state index in [0.29, 0.717) is 12.6 Å². The molecule has 0 amide bonds. The Balaban J connectivity index is 3.25. The van der Waals surface area contributed by atoms with Crippen LogP contribution in [0.15, 0.2) is 0 Å². The fourth-order valence-electron chi connectivity index (χ4n) is 1.31. The highest BCUT2D eigenvalue weighted by atomic mass is 16.3. The van der Waals surface area contributed by atoms with Gasteiger partial charge in [0.25, 0.3) is 0 Å². The Hall–Kier alpha value is -0.0800. The molecular weight excluding hydrogens is 162 g/mol. The number of aliphatic hydroxyl groups is 1. The van der Waals surface area contributed by atoms with Crippen molar-refractivity contribution in [3.8, 4) is 0 Å². The Labute approximate surface area is 82.7 Å². The zero-order valence-electron chi connectivity index (χ0n) is 9.51. The Morgan fingerprint density at radius 1 is 1.08 bits per heavy atom. The summed E-state index contributed by atoms with van der Waals surface area (Å²) < 4.78 is 0. The second-order valence-electron chi connectivity index (χ2n) is 4.48. The molecule has 0 aliphatic heterocycles. The first-order valence-corrected chi connectivity index (χ1v) is 5.43. The van der Waals surface area contributed by atoms with Crippen molar-refractivity contribution in [1.82, 2.24) is 5.32 Å². The van der Waals surface area contributed by atoms with Crippen LogP contribution in [-0.2, 0) is 0 Å². The van der Waals surface area contributed by atoms with Crippen molar-refractivity contribution in [2.24, 2.45) is 5.92 Å². The summed E-state index contributed by atoms with van der Waals surface area (Å²) >= 11 is 0. The van der Waals surface area contributed by atoms with Crippen molar-refractivity contribution in [3.63, 3.8) is 0 Å². The van der Waals surface area contributed by atoms with E-state index in [0.717, 1.165) is 5.92 Å². The average molecular weight is 187 g/mol. The Morgan fingerprint density at radius 2 is 1.69 bits per heavy atom. The molecule has 0 bridgehead atoms. The highest BCUT2D eigenvalue weighted by molar-refractivity contribution is 4.63. The van der Waals surface area contributed by atoms with Crippen LogP contribution in [0.1, 0.15) is 47.0 Å². The monoisotopic (exact) mass is 187 g/mol. The summed E-state index contributed by atoms with van der Waals surface area (Å²) in [7, 11) is 0. The van der Waals surface area contributed by atoms with E-state index in [9.17, 15) is 0 Å². The van der Waals surface area contributed by atoms with E-state index in [2.05, 4.69) is 26.1 Å². The Kier molecular flexibility index (Phi) is 7.29. The second-order valence-corrected chi connectivity index (χ2v) is 4.48. The third kappa shape index (κ3) is 9.84. The second kappa shape index (κ2) is 7.34. The van der Waals surface area contributed by atoms with E-state index >= 15 is 0 Å². The number of hydrogen-bond acceptors (Lipinski definition) is 2. The molecule has 13 heavy (non-hydrogen) atoms. The lowest BCUT2D eigenvalue weighted by Gasteiger charge is -2.15. The third-order valence-electron chi connectivity index (χ3n) is 2.18. The normalized spacial score (nSPS) is 16.2. The third-order valence-corrected chi connectivity index (χ3v) is 2.18. The minimum atomic E-state index is -0.229. The molecule has 0 aliphatic carbocycles. The SMILES string of the molecule is CC(C)CCCC(C)NC[C@H](C)O. The fraction of sp³-hybridized carbons (Fsp3) is 1.00. The molecule has 0 radical (unpaired) electrons. The van der Waals surface area contributed by atoms with E-state index < -0.39 is 0 Å². The molecule has 0 saturated heterocycles. The summed E-state index contributed by atoms with van der Waals surface area (Å²) in [6, 6.07) is 0.536. The molecule has 0 aromatic heterocycles. The summed E-state index contributed by atoms with van der Waals surface area (Å²) in [5, 5.41) is 12.4. The van der Waals surface area contributed by atoms with Gasteiger partial charge in [-0.2, -0.15) is 0 Å². The van der Waals surface area contributed by atoms with Crippen LogP contribution < -0.4 is 5.32 Å². The van der Waals surface area contributed by atoms with Crippen molar-refractivity contribution >= 4 is 0 Å². The van der Waals surface area contributed by atoms with Gasteiger partial charge in [-0.05, 0) is 26.2 Å². The lowest BCUT2D eigenvalue weighted by Crippen LogP contribution is -2.32. The smallest absolute Gasteiger partial charge is 0.0636 e. The maximum absolute atomic E-state index is 9.05. The Bertz CT molecular complexity index is 113. The fourth-order valence-corrected chi connectivity index (χ4v) is 1.31. The highest BCUT2D eigenvalue weighted by Gasteiger charge is 2.03. The number of aliphatic hydroxyl groups excluding tert-OH is 1. The molecule has 1 unspecified atom stereocenters. The van der Waals surface area contributed by atoms with Crippen molar-refractivity contribution in [2.45, 2.75) is 59.1 Å². The predicted molar refractivity (Wildman–Crippen MR) is 57.8 cm³/mol. The number of hydrogen-bond donors (Lipinski definition) is 2. The van der Waals surface area contributed by atoms with Gasteiger partial charge in [-0.15, -0.1) is 0 Å². The minimum Gasteiger partial charge on any atom is -0.392 e. The van der Waals surface area contributed by atoms with Crippen LogP contribution in [0.25, 0.3) is 0 Å². The van der Waals surface area contributed by atoms with Crippen LogP contribution in [-0.4, -0.2) is 23.8 Å². The van der Waals surface area contributed by atoms with Crippen LogP contribution in [0.3, 0.4) is 0 Å². The van der Waals surface area contributed by atoms with E-state index in [1.165, 1.54) is 19.3 Å². The summed E-state index contributed by atoms with van der Waals surface area (Å²) in [4.78, 5) is 0. The van der Waals surface area contributed by atoms with E-state index in [-0.39, 0.29) is 6.10 Å². The largest absolute Gasteiger partial charge is 0.392 e. The molecule has 0 rings (SSSR count). The lowest BCUT2D eigenvalue weighted by atomic mass is 10.0. The van der Waals surface area contributed by atoms with Crippen LogP contribution in [0.4, 0.5) is 0 Å². The molecule has 80 valence electrons. The molecule has 0 spiro atoms. The number of rotatable bonds is 7. The minimum absolute atomic E-state index is 0.229. The van der Waals surface area contributed by atoms with Gasteiger partial charge in [0.15, 0.2) is 0 Å². The van der Waals surface area contributed by atoms with Gasteiger partial charge in [0.2, 0.25) is 0 Å². The molecule has 0 heterocycles. The molecule has 2 heteroatoms. The van der Waals surface area contributed by atoms with Crippen molar-refractivity contribution in [2.75, 3.05) is 6.54 Å². The van der Waals surface area contributed by atoms with Gasteiger partial charge in [0.05, 0.1) is 6.10 Å². The van der Waals surface area contributed by atoms with Crippen LogP contribution in [0.2, 0.25) is 0 Å². The van der Waals surface area contributed by atoms with Gasteiger partial charge in [-0.25, -0.2) is 0 Å². The quantitative estimate of drug-likeness (QED) is 0.640. The van der Waals surface area contributed by atoms with Crippen molar-refractivity contribution < 1.29 is 5.11 Å². The first-order chi connectivity index (χ1) is 6.02. The predicted octanol–water partition coefficient (Wildman–Crippen LogP) is 2.17. The maximum Gasteiger partial charge on any atom is 0.0636 e. The molecule has 2 atom stereocenters. The molecule has 0 fully saturated rings. The molecule has 0 aromatic rings. The molecule has 0 saturated carbocycles. The van der Waals surface area contributed by atoms with E-state index in [4.69, 9.17) is 5.11 Å². The number of nitrogens with one attached hydrogen (secondary N) is 1. The maximum atomic E-state index is 9.05.